The second kappa shape index (κ2) is 8.49. The van der Waals surface area contributed by atoms with Gasteiger partial charge < -0.3 is 5.32 Å². The van der Waals surface area contributed by atoms with Gasteiger partial charge in [-0.1, -0.05) is 49.4 Å². The zero-order valence-electron chi connectivity index (χ0n) is 14.1. The summed E-state index contributed by atoms with van der Waals surface area (Å²) < 4.78 is 0. The van der Waals surface area contributed by atoms with Crippen LogP contribution in [0, 0.1) is 0 Å². The van der Waals surface area contributed by atoms with E-state index in [1.807, 2.05) is 48.5 Å². The molecular formula is C21H20N2OS. The molecule has 1 heterocycles. The van der Waals surface area contributed by atoms with Gasteiger partial charge in [-0.2, -0.15) is 0 Å². The molecule has 3 nitrogen and oxygen atoms in total. The molecule has 0 unspecified atom stereocenters. The minimum absolute atomic E-state index is 0.126. The van der Waals surface area contributed by atoms with Gasteiger partial charge in [0, 0.05) is 11.9 Å². The number of nitrogens with one attached hydrogen (secondary N) is 1. The lowest BCUT2D eigenvalue weighted by Crippen LogP contribution is -2.13. The zero-order chi connectivity index (χ0) is 17.5. The van der Waals surface area contributed by atoms with Crippen LogP contribution in [0.1, 0.15) is 23.7 Å². The molecule has 0 atom stereocenters. The maximum Gasteiger partial charge on any atom is 0.258 e. The number of carbonyl (C=O) groups is 1. The molecule has 0 aliphatic heterocycles. The van der Waals surface area contributed by atoms with Crippen molar-refractivity contribution in [1.29, 1.82) is 0 Å². The Kier molecular flexibility index (Phi) is 5.86. The van der Waals surface area contributed by atoms with Crippen LogP contribution in [0.3, 0.4) is 0 Å². The van der Waals surface area contributed by atoms with Crippen molar-refractivity contribution in [1.82, 2.24) is 4.98 Å². The van der Waals surface area contributed by atoms with Crippen LogP contribution in [0.25, 0.3) is 11.1 Å². The van der Waals surface area contributed by atoms with Crippen molar-refractivity contribution in [2.45, 2.75) is 18.4 Å². The number of benzene rings is 2. The van der Waals surface area contributed by atoms with E-state index in [4.69, 9.17) is 0 Å². The van der Waals surface area contributed by atoms with Crippen molar-refractivity contribution in [3.05, 3.63) is 78.5 Å². The summed E-state index contributed by atoms with van der Waals surface area (Å²) in [4.78, 5) is 16.9. The predicted molar refractivity (Wildman–Crippen MR) is 105 cm³/mol. The van der Waals surface area contributed by atoms with Crippen molar-refractivity contribution in [3.8, 4) is 11.1 Å². The second-order valence-corrected chi connectivity index (χ2v) is 6.69. The smallest absolute Gasteiger partial charge is 0.258 e. The van der Waals surface area contributed by atoms with Crippen LogP contribution in [-0.2, 0) is 0 Å². The first-order valence-corrected chi connectivity index (χ1v) is 9.31. The number of pyridine rings is 1. The molecule has 0 aliphatic rings. The van der Waals surface area contributed by atoms with Crippen molar-refractivity contribution in [2.24, 2.45) is 0 Å². The summed E-state index contributed by atoms with van der Waals surface area (Å²) in [6.45, 7) is 2.12. The van der Waals surface area contributed by atoms with Crippen LogP contribution in [-0.4, -0.2) is 16.6 Å². The van der Waals surface area contributed by atoms with Gasteiger partial charge in [0.25, 0.3) is 5.91 Å². The number of aromatic nitrogens is 1. The Hall–Kier alpha value is -2.59. The Morgan fingerprint density at radius 2 is 1.68 bits per heavy atom. The zero-order valence-corrected chi connectivity index (χ0v) is 14.9. The normalized spacial score (nSPS) is 10.4. The van der Waals surface area contributed by atoms with Crippen molar-refractivity contribution in [2.75, 3.05) is 11.1 Å². The van der Waals surface area contributed by atoms with E-state index in [0.717, 1.165) is 34.0 Å². The summed E-state index contributed by atoms with van der Waals surface area (Å²) >= 11 is 1.61. The molecule has 3 rings (SSSR count). The molecule has 0 saturated heterocycles. The fourth-order valence-corrected chi connectivity index (χ4v) is 3.30. The molecule has 3 aromatic rings. The molecule has 0 radical (unpaired) electrons. The van der Waals surface area contributed by atoms with E-state index < -0.39 is 0 Å². The highest BCUT2D eigenvalue weighted by atomic mass is 32.2. The first kappa shape index (κ1) is 17.2. The topological polar surface area (TPSA) is 42.0 Å². The average Bonchev–Trinajstić information content (AvgIpc) is 2.68. The molecule has 126 valence electrons. The monoisotopic (exact) mass is 348 g/mol. The Labute approximate surface area is 152 Å². The van der Waals surface area contributed by atoms with Gasteiger partial charge in [-0.25, -0.2) is 4.98 Å². The molecule has 0 spiro atoms. The van der Waals surface area contributed by atoms with Gasteiger partial charge in [-0.05, 0) is 47.6 Å². The largest absolute Gasteiger partial charge is 0.322 e. The van der Waals surface area contributed by atoms with Gasteiger partial charge >= 0.3 is 0 Å². The highest BCUT2D eigenvalue weighted by molar-refractivity contribution is 7.99. The summed E-state index contributed by atoms with van der Waals surface area (Å²) in [5, 5.41) is 3.74. The van der Waals surface area contributed by atoms with Crippen LogP contribution in [0.5, 0.6) is 0 Å². The molecule has 4 heteroatoms. The molecule has 0 saturated carbocycles. The van der Waals surface area contributed by atoms with Crippen molar-refractivity contribution in [3.63, 3.8) is 0 Å². The second-order valence-electron chi connectivity index (χ2n) is 5.60. The molecule has 25 heavy (non-hydrogen) atoms. The molecule has 0 aliphatic carbocycles. The lowest BCUT2D eigenvalue weighted by atomic mass is 10.1. The summed E-state index contributed by atoms with van der Waals surface area (Å²) in [6.07, 6.45) is 2.77. The van der Waals surface area contributed by atoms with Crippen LogP contribution >= 0.6 is 11.8 Å². The van der Waals surface area contributed by atoms with E-state index in [2.05, 4.69) is 29.4 Å². The first-order valence-electron chi connectivity index (χ1n) is 8.32. The average molecular weight is 348 g/mol. The number of amides is 1. The van der Waals surface area contributed by atoms with E-state index in [-0.39, 0.29) is 5.91 Å². The fraction of sp³-hybridized carbons (Fsp3) is 0.143. The maximum atomic E-state index is 12.6. The molecular weight excluding hydrogens is 328 g/mol. The Bertz CT molecular complexity index is 832. The van der Waals surface area contributed by atoms with E-state index in [9.17, 15) is 4.79 Å². The molecule has 0 bridgehead atoms. The van der Waals surface area contributed by atoms with E-state index in [1.165, 1.54) is 0 Å². The van der Waals surface area contributed by atoms with Gasteiger partial charge in [0.1, 0.15) is 5.03 Å². The number of carbonyl (C=O) groups excluding carboxylic acids is 1. The molecule has 1 N–H and O–H groups in total. The molecule has 1 aromatic heterocycles. The van der Waals surface area contributed by atoms with Crippen LogP contribution in [0.15, 0.2) is 78.0 Å². The molecule has 1 amide bonds. The van der Waals surface area contributed by atoms with Crippen LogP contribution in [0.4, 0.5) is 5.69 Å². The number of nitrogens with zero attached hydrogens (tertiary/aromatic N) is 1. The van der Waals surface area contributed by atoms with E-state index in [0.29, 0.717) is 5.56 Å². The lowest BCUT2D eigenvalue weighted by molar-refractivity contribution is 0.102. The van der Waals surface area contributed by atoms with Crippen molar-refractivity contribution < 1.29 is 4.79 Å². The third kappa shape index (κ3) is 4.48. The highest BCUT2D eigenvalue weighted by Gasteiger charge is 2.12. The maximum absolute atomic E-state index is 12.6. The first-order chi connectivity index (χ1) is 12.3. The molecule has 0 fully saturated rings. The van der Waals surface area contributed by atoms with Gasteiger partial charge in [0.15, 0.2) is 0 Å². The number of hydrogen-bond acceptors (Lipinski definition) is 3. The van der Waals surface area contributed by atoms with E-state index >= 15 is 0 Å². The summed E-state index contributed by atoms with van der Waals surface area (Å²) in [7, 11) is 0. The summed E-state index contributed by atoms with van der Waals surface area (Å²) in [5.74, 6) is 0.822. The summed E-state index contributed by atoms with van der Waals surface area (Å²) in [6, 6.07) is 21.7. The third-order valence-corrected chi connectivity index (χ3v) is 4.92. The number of anilines is 1. The SMILES string of the molecule is CCCSc1ncccc1C(=O)Nc1ccc(-c2ccccc2)cc1. The number of hydrogen-bond donors (Lipinski definition) is 1. The van der Waals surface area contributed by atoms with Crippen LogP contribution < -0.4 is 5.32 Å². The van der Waals surface area contributed by atoms with Gasteiger partial charge in [0.2, 0.25) is 0 Å². The lowest BCUT2D eigenvalue weighted by Gasteiger charge is -2.09. The number of rotatable bonds is 6. The molecule has 2 aromatic carbocycles. The fourth-order valence-electron chi connectivity index (χ4n) is 2.45. The van der Waals surface area contributed by atoms with Gasteiger partial charge in [0.05, 0.1) is 5.56 Å². The highest BCUT2D eigenvalue weighted by Crippen LogP contribution is 2.23. The Balaban J connectivity index is 1.73. The van der Waals surface area contributed by atoms with Crippen molar-refractivity contribution >= 4 is 23.4 Å². The van der Waals surface area contributed by atoms with E-state index in [1.54, 1.807) is 24.0 Å². The van der Waals surface area contributed by atoms with Crippen LogP contribution in [0.2, 0.25) is 0 Å². The Morgan fingerprint density at radius 3 is 2.40 bits per heavy atom. The number of thioether (sulfide) groups is 1. The predicted octanol–water partition coefficient (Wildman–Crippen LogP) is 5.50. The van der Waals surface area contributed by atoms with Gasteiger partial charge in [-0.3, -0.25) is 4.79 Å². The summed E-state index contributed by atoms with van der Waals surface area (Å²) in [5.41, 5.74) is 3.68. The Morgan fingerprint density at radius 1 is 0.960 bits per heavy atom. The minimum Gasteiger partial charge on any atom is -0.322 e. The van der Waals surface area contributed by atoms with Gasteiger partial charge in [-0.15, -0.1) is 11.8 Å². The minimum atomic E-state index is -0.126. The standard InChI is InChI=1S/C21H20N2OS/c1-2-15-25-21-19(9-6-14-22-21)20(24)23-18-12-10-17(11-13-18)16-7-4-3-5-8-16/h3-14H,2,15H2,1H3,(H,23,24). The quantitative estimate of drug-likeness (QED) is 0.598. The third-order valence-electron chi connectivity index (χ3n) is 3.71.